The van der Waals surface area contributed by atoms with E-state index in [0.29, 0.717) is 25.2 Å². The molecule has 1 unspecified atom stereocenters. The molecule has 1 aliphatic heterocycles. The molecule has 0 spiro atoms. The van der Waals surface area contributed by atoms with Crippen LogP contribution in [0.3, 0.4) is 0 Å². The number of aliphatic hydroxyl groups excluding tert-OH is 1. The largest absolute Gasteiger partial charge is 0.507 e. The molecule has 1 atom stereocenters. The zero-order chi connectivity index (χ0) is 14.2. The second kappa shape index (κ2) is 5.21. The molecule has 0 saturated carbocycles. The molecular weight excluding hydrogens is 244 g/mol. The molecule has 104 valence electrons. The molecule has 1 heterocycles. The van der Waals surface area contributed by atoms with Gasteiger partial charge in [-0.3, -0.25) is 4.79 Å². The predicted octanol–water partition coefficient (Wildman–Crippen LogP) is 1.82. The van der Waals surface area contributed by atoms with E-state index in [1.54, 1.807) is 0 Å². The van der Waals surface area contributed by atoms with Gasteiger partial charge in [-0.1, -0.05) is 0 Å². The number of ether oxygens (including phenoxy) is 1. The fraction of sp³-hybridized carbons (Fsp3) is 0.533. The quantitative estimate of drug-likeness (QED) is 0.874. The fourth-order valence-corrected chi connectivity index (χ4v) is 2.68. The van der Waals surface area contributed by atoms with Crippen LogP contribution in [-0.4, -0.2) is 29.2 Å². The summed E-state index contributed by atoms with van der Waals surface area (Å²) in [5, 5.41) is 18.9. The van der Waals surface area contributed by atoms with Crippen molar-refractivity contribution in [2.75, 3.05) is 13.2 Å². The highest BCUT2D eigenvalue weighted by molar-refractivity contribution is 5.79. The Morgan fingerprint density at radius 2 is 1.95 bits per heavy atom. The average Bonchev–Trinajstić information content (AvgIpc) is 2.42. The van der Waals surface area contributed by atoms with E-state index in [1.165, 1.54) is 0 Å². The molecule has 0 bridgehead atoms. The van der Waals surface area contributed by atoms with Crippen LogP contribution in [0.2, 0.25) is 0 Å². The first-order chi connectivity index (χ1) is 8.95. The number of phenols is 1. The number of fused-ring (bicyclic) bond motifs is 1. The molecule has 1 aromatic carbocycles. The molecule has 0 amide bonds. The molecule has 19 heavy (non-hydrogen) atoms. The van der Waals surface area contributed by atoms with E-state index in [4.69, 9.17) is 9.84 Å². The summed E-state index contributed by atoms with van der Waals surface area (Å²) in [6.07, 6.45) is 1.03. The van der Waals surface area contributed by atoms with Gasteiger partial charge in [-0.25, -0.2) is 0 Å². The summed E-state index contributed by atoms with van der Waals surface area (Å²) in [6.45, 7) is 5.76. The van der Waals surface area contributed by atoms with Gasteiger partial charge in [0.25, 0.3) is 0 Å². The lowest BCUT2D eigenvalue weighted by Crippen LogP contribution is -2.25. The molecule has 2 rings (SSSR count). The van der Waals surface area contributed by atoms with Crippen molar-refractivity contribution in [2.45, 2.75) is 33.6 Å². The minimum absolute atomic E-state index is 0.0763. The van der Waals surface area contributed by atoms with E-state index in [-0.39, 0.29) is 11.7 Å². The lowest BCUT2D eigenvalue weighted by Gasteiger charge is -2.29. The number of carbonyl (C=O) groups excluding carboxylic acids is 1. The standard InChI is InChI=1S/C15H20O4/c1-8-9(2)15-13(10(3)14(8)18)5-11(7-19-15)4-12(17)6-16/h11,16,18H,4-7H2,1-3H3. The Bertz CT molecular complexity index is 520. The van der Waals surface area contributed by atoms with Crippen LogP contribution in [0, 0.1) is 26.7 Å². The van der Waals surface area contributed by atoms with Crippen molar-refractivity contribution in [3.8, 4) is 11.5 Å². The Kier molecular flexibility index (Phi) is 3.80. The zero-order valence-electron chi connectivity index (χ0n) is 11.6. The van der Waals surface area contributed by atoms with E-state index >= 15 is 0 Å². The Labute approximate surface area is 113 Å². The van der Waals surface area contributed by atoms with Crippen molar-refractivity contribution in [1.82, 2.24) is 0 Å². The van der Waals surface area contributed by atoms with Gasteiger partial charge in [-0.2, -0.15) is 0 Å². The maximum Gasteiger partial charge on any atom is 0.158 e. The smallest absolute Gasteiger partial charge is 0.158 e. The lowest BCUT2D eigenvalue weighted by molar-refractivity contribution is -0.123. The normalized spacial score (nSPS) is 17.8. The molecule has 0 radical (unpaired) electrons. The first-order valence-corrected chi connectivity index (χ1v) is 6.52. The zero-order valence-corrected chi connectivity index (χ0v) is 11.6. The summed E-state index contributed by atoms with van der Waals surface area (Å²) in [4.78, 5) is 11.3. The van der Waals surface area contributed by atoms with Crippen molar-refractivity contribution in [3.05, 3.63) is 22.3 Å². The van der Waals surface area contributed by atoms with Gasteiger partial charge in [0.1, 0.15) is 18.1 Å². The van der Waals surface area contributed by atoms with E-state index in [2.05, 4.69) is 0 Å². The molecule has 1 aliphatic rings. The van der Waals surface area contributed by atoms with Gasteiger partial charge in [0.05, 0.1) is 6.61 Å². The maximum atomic E-state index is 11.3. The van der Waals surface area contributed by atoms with Crippen LogP contribution in [0.1, 0.15) is 28.7 Å². The third-order valence-corrected chi connectivity index (χ3v) is 3.99. The number of Topliss-reactive ketones (excluding diaryl/α,β-unsaturated/α-hetero) is 1. The summed E-state index contributed by atoms with van der Waals surface area (Å²) < 4.78 is 5.78. The molecule has 0 fully saturated rings. The van der Waals surface area contributed by atoms with Crippen LogP contribution in [0.25, 0.3) is 0 Å². The fourth-order valence-electron chi connectivity index (χ4n) is 2.68. The van der Waals surface area contributed by atoms with Crippen molar-refractivity contribution >= 4 is 5.78 Å². The van der Waals surface area contributed by atoms with Gasteiger partial charge in [0, 0.05) is 17.9 Å². The van der Waals surface area contributed by atoms with Gasteiger partial charge in [0.15, 0.2) is 5.78 Å². The third-order valence-electron chi connectivity index (χ3n) is 3.99. The van der Waals surface area contributed by atoms with Gasteiger partial charge < -0.3 is 14.9 Å². The number of phenolic OH excluding ortho intramolecular Hbond substituents is 1. The Balaban J connectivity index is 2.33. The molecule has 1 aromatic rings. The number of aromatic hydroxyl groups is 1. The van der Waals surface area contributed by atoms with Crippen molar-refractivity contribution in [2.24, 2.45) is 5.92 Å². The summed E-state index contributed by atoms with van der Waals surface area (Å²) in [6, 6.07) is 0. The van der Waals surface area contributed by atoms with Crippen LogP contribution in [0.5, 0.6) is 11.5 Å². The summed E-state index contributed by atoms with van der Waals surface area (Å²) in [5.74, 6) is 1.07. The number of aliphatic hydroxyl groups is 1. The van der Waals surface area contributed by atoms with Crippen LogP contribution >= 0.6 is 0 Å². The van der Waals surface area contributed by atoms with Gasteiger partial charge in [-0.15, -0.1) is 0 Å². The maximum absolute atomic E-state index is 11.3. The number of hydrogen-bond donors (Lipinski definition) is 2. The first kappa shape index (κ1) is 13.9. The molecule has 4 heteroatoms. The van der Waals surface area contributed by atoms with Crippen molar-refractivity contribution < 1.29 is 19.7 Å². The number of carbonyl (C=O) groups is 1. The van der Waals surface area contributed by atoms with E-state index in [0.717, 1.165) is 28.0 Å². The number of ketones is 1. The summed E-state index contributed by atoms with van der Waals surface area (Å²) in [5.41, 5.74) is 3.63. The SMILES string of the molecule is Cc1c(C)c2c(c(C)c1O)CC(CC(=O)CO)CO2. The molecule has 0 aliphatic carbocycles. The molecule has 4 nitrogen and oxygen atoms in total. The van der Waals surface area contributed by atoms with Gasteiger partial charge in [-0.05, 0) is 43.9 Å². The molecule has 0 aromatic heterocycles. The predicted molar refractivity (Wildman–Crippen MR) is 71.7 cm³/mol. The topological polar surface area (TPSA) is 66.8 Å². The second-order valence-electron chi connectivity index (χ2n) is 5.31. The van der Waals surface area contributed by atoms with Crippen LogP contribution in [0.4, 0.5) is 0 Å². The molecular formula is C15H20O4. The summed E-state index contributed by atoms with van der Waals surface area (Å²) in [7, 11) is 0. The van der Waals surface area contributed by atoms with E-state index in [1.807, 2.05) is 20.8 Å². The van der Waals surface area contributed by atoms with Crippen molar-refractivity contribution in [1.29, 1.82) is 0 Å². The number of benzene rings is 1. The first-order valence-electron chi connectivity index (χ1n) is 6.52. The highest BCUT2D eigenvalue weighted by Gasteiger charge is 2.27. The Morgan fingerprint density at radius 1 is 1.26 bits per heavy atom. The Hall–Kier alpha value is -1.55. The number of rotatable bonds is 3. The van der Waals surface area contributed by atoms with E-state index < -0.39 is 6.61 Å². The monoisotopic (exact) mass is 264 g/mol. The second-order valence-corrected chi connectivity index (χ2v) is 5.31. The average molecular weight is 264 g/mol. The van der Waals surface area contributed by atoms with Gasteiger partial charge in [0.2, 0.25) is 0 Å². The van der Waals surface area contributed by atoms with Crippen LogP contribution in [0.15, 0.2) is 0 Å². The van der Waals surface area contributed by atoms with Crippen molar-refractivity contribution in [3.63, 3.8) is 0 Å². The number of hydrogen-bond acceptors (Lipinski definition) is 4. The highest BCUT2D eigenvalue weighted by atomic mass is 16.5. The van der Waals surface area contributed by atoms with Crippen LogP contribution < -0.4 is 4.74 Å². The minimum Gasteiger partial charge on any atom is -0.507 e. The highest BCUT2D eigenvalue weighted by Crippen LogP contribution is 2.41. The minimum atomic E-state index is -0.416. The van der Waals surface area contributed by atoms with Gasteiger partial charge >= 0.3 is 0 Å². The third kappa shape index (κ3) is 2.45. The lowest BCUT2D eigenvalue weighted by atomic mass is 9.87. The molecule has 0 saturated heterocycles. The summed E-state index contributed by atoms with van der Waals surface area (Å²) >= 11 is 0. The van der Waals surface area contributed by atoms with Crippen LogP contribution in [-0.2, 0) is 11.2 Å². The molecule has 2 N–H and O–H groups in total. The Morgan fingerprint density at radius 3 is 2.58 bits per heavy atom. The van der Waals surface area contributed by atoms with E-state index in [9.17, 15) is 9.90 Å².